The Balaban J connectivity index is 2.28. The molecule has 0 saturated carbocycles. The molecule has 0 amide bonds. The first kappa shape index (κ1) is 14.5. The van der Waals surface area contributed by atoms with E-state index in [4.69, 9.17) is 0 Å². The first-order valence-corrected chi connectivity index (χ1v) is 7.42. The molecule has 1 heterocycles. The van der Waals surface area contributed by atoms with Crippen LogP contribution in [0.15, 0.2) is 60.8 Å². The van der Waals surface area contributed by atoms with Crippen molar-refractivity contribution in [3.05, 3.63) is 77.5 Å². The minimum atomic E-state index is 0.00462. The highest BCUT2D eigenvalue weighted by atomic mass is 16.3. The van der Waals surface area contributed by atoms with Crippen molar-refractivity contribution in [2.75, 3.05) is 0 Å². The van der Waals surface area contributed by atoms with Gasteiger partial charge in [-0.2, -0.15) is 0 Å². The number of aliphatic hydroxyl groups excluding tert-OH is 1. The van der Waals surface area contributed by atoms with E-state index in [-0.39, 0.29) is 6.61 Å². The third kappa shape index (κ3) is 2.66. The van der Waals surface area contributed by atoms with E-state index in [2.05, 4.69) is 49.2 Å². The maximum absolute atomic E-state index is 9.74. The van der Waals surface area contributed by atoms with E-state index < -0.39 is 0 Å². The Hall–Kier alpha value is -2.45. The zero-order chi connectivity index (χ0) is 15.5. The molecule has 2 heteroatoms. The van der Waals surface area contributed by atoms with Crippen molar-refractivity contribution in [3.8, 4) is 22.4 Å². The summed E-state index contributed by atoms with van der Waals surface area (Å²) in [7, 11) is 0. The van der Waals surface area contributed by atoms with Crippen molar-refractivity contribution >= 4 is 0 Å². The lowest BCUT2D eigenvalue weighted by molar-refractivity contribution is 0.282. The highest BCUT2D eigenvalue weighted by molar-refractivity contribution is 5.84. The van der Waals surface area contributed by atoms with Crippen molar-refractivity contribution in [3.63, 3.8) is 0 Å². The summed E-state index contributed by atoms with van der Waals surface area (Å²) in [6, 6.07) is 18.4. The van der Waals surface area contributed by atoms with Crippen LogP contribution in [0.25, 0.3) is 22.4 Å². The Morgan fingerprint density at radius 2 is 1.73 bits per heavy atom. The van der Waals surface area contributed by atoms with E-state index in [0.717, 1.165) is 27.9 Å². The number of hydrogen-bond acceptors (Lipinski definition) is 2. The van der Waals surface area contributed by atoms with Crippen LogP contribution in [0.3, 0.4) is 0 Å². The molecule has 3 rings (SSSR count). The molecule has 22 heavy (non-hydrogen) atoms. The standard InChI is InChI=1S/C20H19NO/c1-14-8-9-18(15(2)12-14)20-19(16-6-4-3-5-7-16)17(13-22)10-11-21-20/h3-12,22H,13H2,1-2H3. The molecule has 2 nitrogen and oxygen atoms in total. The van der Waals surface area contributed by atoms with Crippen molar-refractivity contribution in [2.45, 2.75) is 20.5 Å². The molecule has 0 fully saturated rings. The van der Waals surface area contributed by atoms with Gasteiger partial charge in [-0.05, 0) is 36.6 Å². The average molecular weight is 289 g/mol. The van der Waals surface area contributed by atoms with Crippen LogP contribution in [0, 0.1) is 13.8 Å². The third-order valence-corrected chi connectivity index (χ3v) is 3.91. The number of aromatic nitrogens is 1. The van der Waals surface area contributed by atoms with E-state index in [1.807, 2.05) is 24.3 Å². The van der Waals surface area contributed by atoms with E-state index >= 15 is 0 Å². The van der Waals surface area contributed by atoms with Gasteiger partial charge in [0.05, 0.1) is 12.3 Å². The van der Waals surface area contributed by atoms with Gasteiger partial charge in [0.1, 0.15) is 0 Å². The summed E-state index contributed by atoms with van der Waals surface area (Å²) in [5.41, 5.74) is 7.46. The van der Waals surface area contributed by atoms with Gasteiger partial charge < -0.3 is 5.11 Å². The average Bonchev–Trinajstić information content (AvgIpc) is 2.55. The van der Waals surface area contributed by atoms with Crippen molar-refractivity contribution in [2.24, 2.45) is 0 Å². The smallest absolute Gasteiger partial charge is 0.0786 e. The normalized spacial score (nSPS) is 10.7. The maximum Gasteiger partial charge on any atom is 0.0786 e. The molecule has 3 aromatic rings. The summed E-state index contributed by atoms with van der Waals surface area (Å²) in [6.45, 7) is 4.20. The Morgan fingerprint density at radius 3 is 2.41 bits per heavy atom. The van der Waals surface area contributed by atoms with Gasteiger partial charge in [-0.25, -0.2) is 0 Å². The minimum Gasteiger partial charge on any atom is -0.392 e. The summed E-state index contributed by atoms with van der Waals surface area (Å²) in [5, 5.41) is 9.74. The molecular formula is C20H19NO. The molecule has 0 spiro atoms. The molecule has 0 unspecified atom stereocenters. The van der Waals surface area contributed by atoms with Gasteiger partial charge in [-0.3, -0.25) is 4.98 Å². The minimum absolute atomic E-state index is 0.00462. The van der Waals surface area contributed by atoms with Crippen LogP contribution in [0.2, 0.25) is 0 Å². The molecule has 0 aliphatic rings. The zero-order valence-corrected chi connectivity index (χ0v) is 12.9. The number of aliphatic hydroxyl groups is 1. The summed E-state index contributed by atoms with van der Waals surface area (Å²) in [5.74, 6) is 0. The van der Waals surface area contributed by atoms with E-state index in [1.54, 1.807) is 6.20 Å². The Labute approximate surface area is 131 Å². The Morgan fingerprint density at radius 1 is 0.955 bits per heavy atom. The highest BCUT2D eigenvalue weighted by Gasteiger charge is 2.14. The van der Waals surface area contributed by atoms with Gasteiger partial charge in [0.25, 0.3) is 0 Å². The monoisotopic (exact) mass is 289 g/mol. The molecule has 1 N–H and O–H groups in total. The van der Waals surface area contributed by atoms with Crippen molar-refractivity contribution in [1.82, 2.24) is 4.98 Å². The number of aryl methyl sites for hydroxylation is 2. The Kier molecular flexibility index (Phi) is 4.03. The van der Waals surface area contributed by atoms with Crippen LogP contribution in [0.5, 0.6) is 0 Å². The molecular weight excluding hydrogens is 270 g/mol. The van der Waals surface area contributed by atoms with Crippen LogP contribution in [-0.2, 0) is 6.61 Å². The van der Waals surface area contributed by atoms with Gasteiger partial charge in [0.2, 0.25) is 0 Å². The number of rotatable bonds is 3. The molecule has 0 atom stereocenters. The molecule has 0 radical (unpaired) electrons. The van der Waals surface area contributed by atoms with Gasteiger partial charge in [0, 0.05) is 17.3 Å². The van der Waals surface area contributed by atoms with Crippen LogP contribution in [-0.4, -0.2) is 10.1 Å². The summed E-state index contributed by atoms with van der Waals surface area (Å²) in [4.78, 5) is 4.61. The van der Waals surface area contributed by atoms with Gasteiger partial charge >= 0.3 is 0 Å². The van der Waals surface area contributed by atoms with Crippen LogP contribution >= 0.6 is 0 Å². The van der Waals surface area contributed by atoms with E-state index in [9.17, 15) is 5.11 Å². The first-order valence-electron chi connectivity index (χ1n) is 7.42. The number of nitrogens with zero attached hydrogens (tertiary/aromatic N) is 1. The summed E-state index contributed by atoms with van der Waals surface area (Å²) < 4.78 is 0. The summed E-state index contributed by atoms with van der Waals surface area (Å²) >= 11 is 0. The van der Waals surface area contributed by atoms with E-state index in [1.165, 1.54) is 11.1 Å². The van der Waals surface area contributed by atoms with Crippen LogP contribution in [0.4, 0.5) is 0 Å². The second-order valence-corrected chi connectivity index (χ2v) is 5.54. The molecule has 0 bridgehead atoms. The molecule has 0 aliphatic heterocycles. The fraction of sp³-hybridized carbons (Fsp3) is 0.150. The van der Waals surface area contributed by atoms with Gasteiger partial charge in [-0.15, -0.1) is 0 Å². The maximum atomic E-state index is 9.74. The van der Waals surface area contributed by atoms with Gasteiger partial charge in [-0.1, -0.05) is 54.1 Å². The second-order valence-electron chi connectivity index (χ2n) is 5.54. The van der Waals surface area contributed by atoms with Crippen molar-refractivity contribution < 1.29 is 5.11 Å². The van der Waals surface area contributed by atoms with Crippen LogP contribution < -0.4 is 0 Å². The fourth-order valence-corrected chi connectivity index (χ4v) is 2.84. The zero-order valence-electron chi connectivity index (χ0n) is 12.9. The molecule has 0 saturated heterocycles. The lowest BCUT2D eigenvalue weighted by Crippen LogP contribution is -1.97. The van der Waals surface area contributed by atoms with Gasteiger partial charge in [0.15, 0.2) is 0 Å². The van der Waals surface area contributed by atoms with Crippen LogP contribution in [0.1, 0.15) is 16.7 Å². The molecule has 110 valence electrons. The topological polar surface area (TPSA) is 33.1 Å². The predicted octanol–water partition coefficient (Wildman–Crippen LogP) is 4.52. The number of benzene rings is 2. The first-order chi connectivity index (χ1) is 10.7. The second kappa shape index (κ2) is 6.12. The quantitative estimate of drug-likeness (QED) is 0.768. The van der Waals surface area contributed by atoms with E-state index in [0.29, 0.717) is 0 Å². The molecule has 2 aromatic carbocycles. The Bertz CT molecular complexity index is 794. The number of hydrogen-bond donors (Lipinski definition) is 1. The lowest BCUT2D eigenvalue weighted by Gasteiger charge is -2.15. The SMILES string of the molecule is Cc1ccc(-c2nccc(CO)c2-c2ccccc2)c(C)c1. The summed E-state index contributed by atoms with van der Waals surface area (Å²) in [6.07, 6.45) is 1.77. The fourth-order valence-electron chi connectivity index (χ4n) is 2.84. The highest BCUT2D eigenvalue weighted by Crippen LogP contribution is 2.35. The lowest BCUT2D eigenvalue weighted by atomic mass is 9.92. The molecule has 1 aromatic heterocycles. The predicted molar refractivity (Wildman–Crippen MR) is 90.5 cm³/mol. The third-order valence-electron chi connectivity index (χ3n) is 3.91. The number of pyridine rings is 1. The largest absolute Gasteiger partial charge is 0.392 e. The molecule has 0 aliphatic carbocycles. The van der Waals surface area contributed by atoms with Crippen molar-refractivity contribution in [1.29, 1.82) is 0 Å².